The predicted octanol–water partition coefficient (Wildman–Crippen LogP) is 2.37. The van der Waals surface area contributed by atoms with Crippen molar-refractivity contribution in [3.05, 3.63) is 34.9 Å². The molecule has 3 heteroatoms. The summed E-state index contributed by atoms with van der Waals surface area (Å²) in [5.41, 5.74) is 0.921. The molecule has 0 atom stereocenters. The summed E-state index contributed by atoms with van der Waals surface area (Å²) < 4.78 is 31.0. The van der Waals surface area contributed by atoms with Gasteiger partial charge in [0.15, 0.2) is 11.6 Å². The number of fused-ring (bicyclic) bond motifs is 1. The lowest BCUT2D eigenvalue weighted by Crippen LogP contribution is -2.08. The van der Waals surface area contributed by atoms with E-state index in [9.17, 15) is 8.78 Å². The van der Waals surface area contributed by atoms with Crippen LogP contribution in [-0.2, 0) is 0 Å². The molecule has 14 heavy (non-hydrogen) atoms. The van der Waals surface area contributed by atoms with E-state index in [-0.39, 0.29) is 12.4 Å². The van der Waals surface area contributed by atoms with E-state index in [1.165, 1.54) is 6.07 Å². The van der Waals surface area contributed by atoms with Crippen molar-refractivity contribution >= 4 is 6.08 Å². The molecule has 0 fully saturated rings. The third-order valence-electron chi connectivity index (χ3n) is 1.92. The van der Waals surface area contributed by atoms with Gasteiger partial charge in [0.2, 0.25) is 0 Å². The molecule has 0 aliphatic carbocycles. The minimum atomic E-state index is -0.702. The second kappa shape index (κ2) is 3.15. The summed E-state index contributed by atoms with van der Waals surface area (Å²) in [4.78, 5) is 0. The highest BCUT2D eigenvalue weighted by molar-refractivity contribution is 5.66. The van der Waals surface area contributed by atoms with Crippen molar-refractivity contribution in [3.63, 3.8) is 0 Å². The van der Waals surface area contributed by atoms with Crippen LogP contribution in [0.2, 0.25) is 0 Å². The van der Waals surface area contributed by atoms with Crippen LogP contribution in [0.25, 0.3) is 6.08 Å². The number of benzene rings is 1. The molecule has 1 heterocycles. The quantitative estimate of drug-likeness (QED) is 0.573. The molecule has 0 unspecified atom stereocenters. The lowest BCUT2D eigenvalue weighted by molar-refractivity contribution is 0.330. The maximum Gasteiger partial charge on any atom is 0.168 e. The average Bonchev–Trinajstić information content (AvgIpc) is 2.16. The minimum Gasteiger partial charge on any atom is -0.485 e. The van der Waals surface area contributed by atoms with Gasteiger partial charge >= 0.3 is 0 Å². The van der Waals surface area contributed by atoms with Gasteiger partial charge in [-0.15, -0.1) is 6.42 Å². The Morgan fingerprint density at radius 2 is 2.14 bits per heavy atom. The van der Waals surface area contributed by atoms with Crippen molar-refractivity contribution in [2.24, 2.45) is 0 Å². The molecule has 2 rings (SSSR count). The Hall–Kier alpha value is -1.82. The molecule has 0 saturated carbocycles. The second-order valence-electron chi connectivity index (χ2n) is 2.91. The second-order valence-corrected chi connectivity index (χ2v) is 2.91. The lowest BCUT2D eigenvalue weighted by atomic mass is 10.1. The normalized spacial score (nSPS) is 13.6. The molecular formula is C11H6F2O. The van der Waals surface area contributed by atoms with Gasteiger partial charge < -0.3 is 4.74 Å². The molecule has 1 aromatic carbocycles. The minimum absolute atomic E-state index is 0.0606. The number of ether oxygens (including phenoxy) is 1. The highest BCUT2D eigenvalue weighted by Gasteiger charge is 2.16. The van der Waals surface area contributed by atoms with E-state index in [0.717, 1.165) is 6.07 Å². The van der Waals surface area contributed by atoms with Crippen LogP contribution in [0.5, 0.6) is 5.75 Å². The van der Waals surface area contributed by atoms with Crippen LogP contribution in [0.15, 0.2) is 17.7 Å². The maximum absolute atomic E-state index is 13.1. The van der Waals surface area contributed by atoms with Crippen molar-refractivity contribution in [1.29, 1.82) is 0 Å². The molecule has 0 saturated heterocycles. The van der Waals surface area contributed by atoms with Gasteiger partial charge in [-0.1, -0.05) is 5.92 Å². The van der Waals surface area contributed by atoms with Crippen molar-refractivity contribution in [2.75, 3.05) is 6.61 Å². The summed E-state index contributed by atoms with van der Waals surface area (Å²) in [6.07, 6.45) is 6.70. The topological polar surface area (TPSA) is 9.23 Å². The summed E-state index contributed by atoms with van der Waals surface area (Å²) in [6, 6.07) is 1.97. The first-order chi connectivity index (χ1) is 6.70. The van der Waals surface area contributed by atoms with Gasteiger partial charge in [0.25, 0.3) is 0 Å². The van der Waals surface area contributed by atoms with E-state index in [1.807, 2.05) is 0 Å². The van der Waals surface area contributed by atoms with E-state index >= 15 is 0 Å². The molecule has 1 nitrogen and oxygen atoms in total. The Balaban J connectivity index is 2.59. The number of halogens is 2. The molecule has 1 aliphatic rings. The van der Waals surface area contributed by atoms with Crippen LogP contribution in [0.4, 0.5) is 8.78 Å². The maximum atomic E-state index is 13.1. The Bertz CT molecular complexity index is 455. The van der Waals surface area contributed by atoms with Crippen LogP contribution < -0.4 is 4.74 Å². The molecule has 0 radical (unpaired) electrons. The van der Waals surface area contributed by atoms with Crippen molar-refractivity contribution in [2.45, 2.75) is 0 Å². The largest absolute Gasteiger partial charge is 0.485 e. The van der Waals surface area contributed by atoms with Crippen LogP contribution >= 0.6 is 0 Å². The Labute approximate surface area is 80.0 Å². The van der Waals surface area contributed by atoms with E-state index in [1.54, 1.807) is 6.08 Å². The number of hydrogen-bond donors (Lipinski definition) is 0. The van der Waals surface area contributed by atoms with E-state index in [4.69, 9.17) is 11.2 Å². The van der Waals surface area contributed by atoms with Gasteiger partial charge in [-0.25, -0.2) is 8.78 Å². The third kappa shape index (κ3) is 1.35. The summed E-state index contributed by atoms with van der Waals surface area (Å²) in [7, 11) is 0. The van der Waals surface area contributed by atoms with Gasteiger partial charge in [0, 0.05) is 17.2 Å². The SMILES string of the molecule is C#CC1=Cc2cc(F)cc(F)c2OC1. The summed E-state index contributed by atoms with van der Waals surface area (Å²) in [6.45, 7) is 0.159. The summed E-state index contributed by atoms with van der Waals surface area (Å²) in [5.74, 6) is 1.09. The van der Waals surface area contributed by atoms with Crippen LogP contribution in [-0.4, -0.2) is 6.61 Å². The molecular weight excluding hydrogens is 186 g/mol. The van der Waals surface area contributed by atoms with Gasteiger partial charge in [-0.3, -0.25) is 0 Å². The van der Waals surface area contributed by atoms with E-state index in [0.29, 0.717) is 11.1 Å². The van der Waals surface area contributed by atoms with Crippen molar-refractivity contribution in [1.82, 2.24) is 0 Å². The standard InChI is InChI=1S/C11H6F2O/c1-2-7-3-8-4-9(12)5-10(13)11(8)14-6-7/h1,3-5H,6H2. The van der Waals surface area contributed by atoms with Crippen molar-refractivity contribution in [3.8, 4) is 18.1 Å². The number of terminal acetylenes is 1. The number of rotatable bonds is 0. The number of hydrogen-bond acceptors (Lipinski definition) is 1. The molecule has 70 valence electrons. The van der Waals surface area contributed by atoms with Crippen LogP contribution in [0.1, 0.15) is 5.56 Å². The van der Waals surface area contributed by atoms with Gasteiger partial charge in [-0.05, 0) is 12.1 Å². The first-order valence-corrected chi connectivity index (χ1v) is 4.00. The molecule has 0 spiro atoms. The molecule has 0 N–H and O–H groups in total. The molecule has 1 aliphatic heterocycles. The van der Waals surface area contributed by atoms with Crippen LogP contribution in [0.3, 0.4) is 0 Å². The van der Waals surface area contributed by atoms with Gasteiger partial charge in [-0.2, -0.15) is 0 Å². The lowest BCUT2D eigenvalue weighted by Gasteiger charge is -2.15. The molecule has 0 aromatic heterocycles. The Morgan fingerprint density at radius 1 is 1.36 bits per heavy atom. The highest BCUT2D eigenvalue weighted by atomic mass is 19.1. The van der Waals surface area contributed by atoms with Crippen molar-refractivity contribution < 1.29 is 13.5 Å². The summed E-state index contributed by atoms with van der Waals surface area (Å²) in [5, 5.41) is 0. The zero-order chi connectivity index (χ0) is 10.1. The first kappa shape index (κ1) is 8.76. The monoisotopic (exact) mass is 192 g/mol. The van der Waals surface area contributed by atoms with Gasteiger partial charge in [0.1, 0.15) is 12.4 Å². The summed E-state index contributed by atoms with van der Waals surface area (Å²) >= 11 is 0. The Kier molecular flexibility index (Phi) is 1.97. The fourth-order valence-electron chi connectivity index (χ4n) is 1.30. The predicted molar refractivity (Wildman–Crippen MR) is 48.7 cm³/mol. The molecule has 1 aromatic rings. The zero-order valence-electron chi connectivity index (χ0n) is 7.18. The van der Waals surface area contributed by atoms with E-state index in [2.05, 4.69) is 5.92 Å². The average molecular weight is 192 g/mol. The fraction of sp³-hybridized carbons (Fsp3) is 0.0909. The molecule has 0 bridgehead atoms. The zero-order valence-corrected chi connectivity index (χ0v) is 7.18. The van der Waals surface area contributed by atoms with Gasteiger partial charge in [0.05, 0.1) is 0 Å². The smallest absolute Gasteiger partial charge is 0.168 e. The fourth-order valence-corrected chi connectivity index (χ4v) is 1.30. The van der Waals surface area contributed by atoms with Crippen LogP contribution in [0, 0.1) is 24.0 Å². The first-order valence-electron chi connectivity index (χ1n) is 4.00. The highest BCUT2D eigenvalue weighted by Crippen LogP contribution is 2.29. The third-order valence-corrected chi connectivity index (χ3v) is 1.92. The molecule has 0 amide bonds. The van der Waals surface area contributed by atoms with E-state index < -0.39 is 11.6 Å². The Morgan fingerprint density at radius 3 is 2.86 bits per heavy atom.